The quantitative estimate of drug-likeness (QED) is 0.676. The minimum absolute atomic E-state index is 0.0433. The van der Waals surface area contributed by atoms with Crippen LogP contribution in [0, 0.1) is 16.7 Å². The molecule has 0 heterocycles. The predicted molar refractivity (Wildman–Crippen MR) is 93.1 cm³/mol. The number of benzene rings is 1. The lowest BCUT2D eigenvalue weighted by Gasteiger charge is -2.31. The maximum atomic E-state index is 12.7. The fraction of sp³-hybridized carbons (Fsp3) is 0.526. The van der Waals surface area contributed by atoms with E-state index in [4.69, 9.17) is 4.74 Å². The van der Waals surface area contributed by atoms with Crippen LogP contribution in [-0.2, 0) is 9.53 Å². The first-order valence-electron chi connectivity index (χ1n) is 8.47. The van der Waals surface area contributed by atoms with Gasteiger partial charge in [0.25, 0.3) is 0 Å². The molecule has 5 heteroatoms. The fourth-order valence-electron chi connectivity index (χ4n) is 3.97. The molecule has 1 aromatic carbocycles. The van der Waals surface area contributed by atoms with E-state index < -0.39 is 0 Å². The Labute approximate surface area is 142 Å². The van der Waals surface area contributed by atoms with Gasteiger partial charge in [0.15, 0.2) is 5.78 Å². The summed E-state index contributed by atoms with van der Waals surface area (Å²) in [5.74, 6) is 0.0361. The summed E-state index contributed by atoms with van der Waals surface area (Å²) in [6, 6.07) is 6.91. The number of esters is 1. The van der Waals surface area contributed by atoms with Crippen molar-refractivity contribution >= 4 is 23.2 Å². The van der Waals surface area contributed by atoms with Gasteiger partial charge >= 0.3 is 5.97 Å². The first-order valence-corrected chi connectivity index (χ1v) is 8.47. The molecule has 128 valence electrons. The van der Waals surface area contributed by atoms with Gasteiger partial charge < -0.3 is 4.74 Å². The van der Waals surface area contributed by atoms with Gasteiger partial charge in [0.2, 0.25) is 0 Å². The lowest BCUT2D eigenvalue weighted by Crippen LogP contribution is -2.33. The average molecular weight is 328 g/mol. The van der Waals surface area contributed by atoms with E-state index in [-0.39, 0.29) is 28.5 Å². The third-order valence-electron chi connectivity index (χ3n) is 5.99. The molecule has 2 bridgehead atoms. The van der Waals surface area contributed by atoms with Crippen LogP contribution in [-0.4, -0.2) is 24.1 Å². The molecule has 0 aliphatic heterocycles. The van der Waals surface area contributed by atoms with Crippen molar-refractivity contribution in [3.63, 3.8) is 0 Å². The zero-order valence-corrected chi connectivity index (χ0v) is 14.7. The molecule has 2 aliphatic rings. The number of hydrogen-bond donors (Lipinski definition) is 1. The maximum Gasteiger partial charge on any atom is 0.338 e. The van der Waals surface area contributed by atoms with Gasteiger partial charge in [-0.05, 0) is 49.4 Å². The maximum absolute atomic E-state index is 12.7. The van der Waals surface area contributed by atoms with Gasteiger partial charge in [-0.2, -0.15) is 5.10 Å². The highest BCUT2D eigenvalue weighted by atomic mass is 16.5. The largest absolute Gasteiger partial charge is 0.462 e. The third kappa shape index (κ3) is 2.34. The molecule has 0 radical (unpaired) electrons. The number of ketones is 1. The molecule has 1 N–H and O–H groups in total. The summed E-state index contributed by atoms with van der Waals surface area (Å²) < 4.78 is 4.96. The van der Waals surface area contributed by atoms with Gasteiger partial charge in [0, 0.05) is 11.3 Å². The first-order chi connectivity index (χ1) is 11.3. The van der Waals surface area contributed by atoms with E-state index in [0.717, 1.165) is 18.5 Å². The number of fused-ring (bicyclic) bond motifs is 2. The second kappa shape index (κ2) is 5.72. The zero-order chi connectivity index (χ0) is 17.5. The van der Waals surface area contributed by atoms with Crippen molar-refractivity contribution in [3.05, 3.63) is 29.8 Å². The van der Waals surface area contributed by atoms with Gasteiger partial charge in [-0.15, -0.1) is 0 Å². The van der Waals surface area contributed by atoms with Gasteiger partial charge in [-0.25, -0.2) is 4.79 Å². The van der Waals surface area contributed by atoms with Crippen LogP contribution >= 0.6 is 0 Å². The van der Waals surface area contributed by atoms with E-state index in [0.29, 0.717) is 17.9 Å². The SMILES string of the molecule is CCOC(=O)c1ccc(N/N=C2\C(=O)[C@@]3(C)CC[C@@H]2C3(C)C)cc1. The topological polar surface area (TPSA) is 67.8 Å². The molecule has 2 aliphatic carbocycles. The third-order valence-corrected chi connectivity index (χ3v) is 5.99. The summed E-state index contributed by atoms with van der Waals surface area (Å²) >= 11 is 0. The molecule has 0 unspecified atom stereocenters. The van der Waals surface area contributed by atoms with Crippen molar-refractivity contribution in [3.8, 4) is 0 Å². The normalized spacial score (nSPS) is 29.1. The highest BCUT2D eigenvalue weighted by Gasteiger charge is 2.65. The minimum atomic E-state index is -0.340. The van der Waals surface area contributed by atoms with Crippen LogP contribution in [0.25, 0.3) is 0 Å². The van der Waals surface area contributed by atoms with Gasteiger partial charge in [-0.1, -0.05) is 20.8 Å². The Bertz CT molecular complexity index is 706. The van der Waals surface area contributed by atoms with Crippen molar-refractivity contribution in [1.29, 1.82) is 0 Å². The van der Waals surface area contributed by atoms with E-state index in [2.05, 4.69) is 31.3 Å². The van der Waals surface area contributed by atoms with Crippen molar-refractivity contribution < 1.29 is 14.3 Å². The van der Waals surface area contributed by atoms with Crippen molar-refractivity contribution in [2.75, 3.05) is 12.0 Å². The van der Waals surface area contributed by atoms with E-state index in [1.165, 1.54) is 0 Å². The highest BCUT2D eigenvalue weighted by molar-refractivity contribution is 6.45. The van der Waals surface area contributed by atoms with Crippen LogP contribution in [0.5, 0.6) is 0 Å². The molecule has 24 heavy (non-hydrogen) atoms. The molecule has 2 atom stereocenters. The van der Waals surface area contributed by atoms with Crippen molar-refractivity contribution in [2.24, 2.45) is 21.8 Å². The molecule has 5 nitrogen and oxygen atoms in total. The number of nitrogens with one attached hydrogen (secondary N) is 1. The molecule has 0 saturated heterocycles. The summed E-state index contributed by atoms with van der Waals surface area (Å²) in [5.41, 5.74) is 4.53. The van der Waals surface area contributed by atoms with Gasteiger partial charge in [0.05, 0.1) is 17.9 Å². The number of hydrazone groups is 1. The minimum Gasteiger partial charge on any atom is -0.462 e. The van der Waals surface area contributed by atoms with E-state index in [1.807, 2.05) is 0 Å². The lowest BCUT2D eigenvalue weighted by molar-refractivity contribution is -0.123. The molecule has 2 fully saturated rings. The van der Waals surface area contributed by atoms with Crippen LogP contribution in [0.15, 0.2) is 29.4 Å². The number of carbonyl (C=O) groups is 2. The Kier molecular flexibility index (Phi) is 3.98. The number of rotatable bonds is 4. The van der Waals surface area contributed by atoms with E-state index in [9.17, 15) is 9.59 Å². The van der Waals surface area contributed by atoms with Crippen molar-refractivity contribution in [2.45, 2.75) is 40.5 Å². The molecular weight excluding hydrogens is 304 g/mol. The first kappa shape index (κ1) is 16.7. The Morgan fingerprint density at radius 3 is 2.50 bits per heavy atom. The number of Topliss-reactive ketones (excluding diaryl/α,β-unsaturated/α-hetero) is 1. The molecule has 1 aromatic rings. The van der Waals surface area contributed by atoms with Gasteiger partial charge in [0.1, 0.15) is 5.71 Å². The lowest BCUT2D eigenvalue weighted by atomic mass is 9.70. The Morgan fingerprint density at radius 2 is 1.96 bits per heavy atom. The number of hydrogen-bond acceptors (Lipinski definition) is 5. The van der Waals surface area contributed by atoms with Crippen LogP contribution < -0.4 is 5.43 Å². The summed E-state index contributed by atoms with van der Waals surface area (Å²) in [5, 5.41) is 4.41. The second-order valence-corrected chi connectivity index (χ2v) is 7.38. The van der Waals surface area contributed by atoms with Gasteiger partial charge in [-0.3, -0.25) is 10.2 Å². The van der Waals surface area contributed by atoms with Crippen LogP contribution in [0.3, 0.4) is 0 Å². The molecule has 3 rings (SSSR count). The fourth-order valence-corrected chi connectivity index (χ4v) is 3.97. The molecule has 0 spiro atoms. The van der Waals surface area contributed by atoms with Crippen LogP contribution in [0.1, 0.15) is 50.9 Å². The number of anilines is 1. The number of carbonyl (C=O) groups excluding carboxylic acids is 2. The summed E-state index contributed by atoms with van der Waals surface area (Å²) in [7, 11) is 0. The Morgan fingerprint density at radius 1 is 1.29 bits per heavy atom. The summed E-state index contributed by atoms with van der Waals surface area (Å²) in [6.45, 7) is 8.52. The summed E-state index contributed by atoms with van der Waals surface area (Å²) in [6.07, 6.45) is 1.95. The van der Waals surface area contributed by atoms with E-state index in [1.54, 1.807) is 31.2 Å². The molecule has 0 amide bonds. The molecule has 2 saturated carbocycles. The Hall–Kier alpha value is -2.17. The average Bonchev–Trinajstić information content (AvgIpc) is 2.86. The molecular formula is C19H24N2O3. The predicted octanol–water partition coefficient (Wildman–Crippen LogP) is 3.66. The highest BCUT2D eigenvalue weighted by Crippen LogP contribution is 2.62. The second-order valence-electron chi connectivity index (χ2n) is 7.38. The summed E-state index contributed by atoms with van der Waals surface area (Å²) in [4.78, 5) is 24.4. The van der Waals surface area contributed by atoms with Crippen LogP contribution in [0.4, 0.5) is 5.69 Å². The smallest absolute Gasteiger partial charge is 0.338 e. The standard InChI is InChI=1S/C19H24N2O3/c1-5-24-17(23)12-6-8-13(9-7-12)20-21-15-14-10-11-19(4,16(15)22)18(14,2)3/h6-9,14,20H,5,10-11H2,1-4H3/b21-15-/t14-,19+/m0/s1. The van der Waals surface area contributed by atoms with Crippen molar-refractivity contribution in [1.82, 2.24) is 0 Å². The monoisotopic (exact) mass is 328 g/mol. The molecule has 0 aromatic heterocycles. The van der Waals surface area contributed by atoms with Crippen LogP contribution in [0.2, 0.25) is 0 Å². The zero-order valence-electron chi connectivity index (χ0n) is 14.7. The number of nitrogens with zero attached hydrogens (tertiary/aromatic N) is 1. The Balaban J connectivity index is 1.75. The number of ether oxygens (including phenoxy) is 1. The van der Waals surface area contributed by atoms with E-state index >= 15 is 0 Å².